The molecule has 0 unspecified atom stereocenters. The van der Waals surface area contributed by atoms with Gasteiger partial charge in [0.1, 0.15) is 0 Å². The van der Waals surface area contributed by atoms with Gasteiger partial charge in [-0.3, -0.25) is 4.79 Å². The third-order valence-corrected chi connectivity index (χ3v) is 3.75. The predicted molar refractivity (Wildman–Crippen MR) is 77.0 cm³/mol. The van der Waals surface area contributed by atoms with E-state index in [9.17, 15) is 4.79 Å². The molecule has 0 atom stereocenters. The van der Waals surface area contributed by atoms with Crippen molar-refractivity contribution < 1.29 is 14.3 Å². The van der Waals surface area contributed by atoms with Crippen molar-refractivity contribution in [2.75, 3.05) is 26.8 Å². The maximum atomic E-state index is 12.3. The maximum absolute atomic E-state index is 12.3. The number of hydrogen-bond acceptors (Lipinski definition) is 3. The molecule has 0 spiro atoms. The van der Waals surface area contributed by atoms with E-state index in [1.54, 1.807) is 19.2 Å². The molecule has 1 aromatic rings. The highest BCUT2D eigenvalue weighted by Gasteiger charge is 2.22. The Bertz CT molecular complexity index is 470. The van der Waals surface area contributed by atoms with Crippen molar-refractivity contribution in [1.82, 2.24) is 4.90 Å². The summed E-state index contributed by atoms with van der Waals surface area (Å²) in [6, 6.07) is 3.55. The first-order chi connectivity index (χ1) is 9.17. The number of ether oxygens (including phenoxy) is 2. The molecular formula is C14H18BrNO3. The van der Waals surface area contributed by atoms with Crippen LogP contribution < -0.4 is 9.47 Å². The van der Waals surface area contributed by atoms with E-state index in [4.69, 9.17) is 9.47 Å². The Morgan fingerprint density at radius 3 is 2.63 bits per heavy atom. The molecule has 104 valence electrons. The van der Waals surface area contributed by atoms with Crippen LogP contribution in [0.15, 0.2) is 16.6 Å². The second kappa shape index (κ2) is 6.28. The molecule has 1 aromatic carbocycles. The van der Waals surface area contributed by atoms with Crippen molar-refractivity contribution in [3.05, 3.63) is 22.2 Å². The fourth-order valence-corrected chi connectivity index (χ4v) is 2.79. The van der Waals surface area contributed by atoms with Crippen LogP contribution >= 0.6 is 15.9 Å². The zero-order valence-electron chi connectivity index (χ0n) is 11.2. The summed E-state index contributed by atoms with van der Waals surface area (Å²) in [6.07, 6.45) is 2.17. The monoisotopic (exact) mass is 327 g/mol. The highest BCUT2D eigenvalue weighted by molar-refractivity contribution is 9.10. The molecule has 4 nitrogen and oxygen atoms in total. The van der Waals surface area contributed by atoms with E-state index in [1.807, 2.05) is 11.8 Å². The molecule has 5 heteroatoms. The largest absolute Gasteiger partial charge is 0.493 e. The standard InChI is InChI=1S/C14H18BrNO3/c1-3-19-13-11(15)8-10(9-12(13)18-2)14(17)16-6-4-5-7-16/h8-9H,3-7H2,1-2H3. The molecule has 0 N–H and O–H groups in total. The number of methoxy groups -OCH3 is 1. The summed E-state index contributed by atoms with van der Waals surface area (Å²) in [6.45, 7) is 4.14. The third kappa shape index (κ3) is 3.03. The van der Waals surface area contributed by atoms with Crippen LogP contribution in [0.25, 0.3) is 0 Å². The van der Waals surface area contributed by atoms with Crippen LogP contribution in [-0.4, -0.2) is 37.6 Å². The maximum Gasteiger partial charge on any atom is 0.254 e. The summed E-state index contributed by atoms with van der Waals surface area (Å²) in [4.78, 5) is 14.2. The Morgan fingerprint density at radius 2 is 2.05 bits per heavy atom. The number of benzene rings is 1. The average Bonchev–Trinajstić information content (AvgIpc) is 2.94. The van der Waals surface area contributed by atoms with Crippen LogP contribution in [0.3, 0.4) is 0 Å². The number of likely N-dealkylation sites (tertiary alicyclic amines) is 1. The number of hydrogen-bond donors (Lipinski definition) is 0. The molecule has 1 fully saturated rings. The van der Waals surface area contributed by atoms with Gasteiger partial charge in [0, 0.05) is 18.7 Å². The van der Waals surface area contributed by atoms with Gasteiger partial charge in [-0.2, -0.15) is 0 Å². The first kappa shape index (κ1) is 14.2. The summed E-state index contributed by atoms with van der Waals surface area (Å²) < 4.78 is 11.6. The molecule has 2 rings (SSSR count). The van der Waals surface area contributed by atoms with E-state index < -0.39 is 0 Å². The second-order valence-electron chi connectivity index (χ2n) is 4.42. The number of rotatable bonds is 4. The lowest BCUT2D eigenvalue weighted by molar-refractivity contribution is 0.0792. The minimum Gasteiger partial charge on any atom is -0.493 e. The summed E-state index contributed by atoms with van der Waals surface area (Å²) in [5.74, 6) is 1.28. The van der Waals surface area contributed by atoms with Gasteiger partial charge in [-0.15, -0.1) is 0 Å². The molecule has 1 aliphatic rings. The SMILES string of the molecule is CCOc1c(Br)cc(C(=O)N2CCCC2)cc1OC. The number of carbonyl (C=O) groups is 1. The first-order valence-electron chi connectivity index (χ1n) is 6.47. The number of nitrogens with zero attached hydrogens (tertiary/aromatic N) is 1. The summed E-state index contributed by atoms with van der Waals surface area (Å²) in [7, 11) is 1.58. The molecule has 0 aromatic heterocycles. The van der Waals surface area contributed by atoms with E-state index in [1.165, 1.54) is 0 Å². The van der Waals surface area contributed by atoms with E-state index in [0.717, 1.165) is 30.4 Å². The molecule has 0 aliphatic carbocycles. The zero-order chi connectivity index (χ0) is 13.8. The molecule has 0 radical (unpaired) electrons. The Morgan fingerprint density at radius 1 is 1.37 bits per heavy atom. The van der Waals surface area contributed by atoms with E-state index in [0.29, 0.717) is 23.7 Å². The Labute approximate surface area is 121 Å². The van der Waals surface area contributed by atoms with Crippen molar-refractivity contribution in [3.63, 3.8) is 0 Å². The molecule has 19 heavy (non-hydrogen) atoms. The van der Waals surface area contributed by atoms with Crippen LogP contribution in [0.2, 0.25) is 0 Å². The average molecular weight is 328 g/mol. The Hall–Kier alpha value is -1.23. The minimum atomic E-state index is 0.0551. The lowest BCUT2D eigenvalue weighted by Crippen LogP contribution is -2.27. The van der Waals surface area contributed by atoms with Gasteiger partial charge in [-0.25, -0.2) is 0 Å². The first-order valence-corrected chi connectivity index (χ1v) is 7.26. The minimum absolute atomic E-state index is 0.0551. The van der Waals surface area contributed by atoms with E-state index in [-0.39, 0.29) is 5.91 Å². The molecule has 1 amide bonds. The second-order valence-corrected chi connectivity index (χ2v) is 5.28. The van der Waals surface area contributed by atoms with Gasteiger partial charge in [0.2, 0.25) is 0 Å². The van der Waals surface area contributed by atoms with Crippen LogP contribution in [-0.2, 0) is 0 Å². The Kier molecular flexibility index (Phi) is 4.69. The quantitative estimate of drug-likeness (QED) is 0.853. The van der Waals surface area contributed by atoms with Crippen LogP contribution in [0.4, 0.5) is 0 Å². The van der Waals surface area contributed by atoms with Crippen LogP contribution in [0, 0.1) is 0 Å². The molecule has 1 heterocycles. The van der Waals surface area contributed by atoms with Crippen molar-refractivity contribution in [1.29, 1.82) is 0 Å². The molecule has 1 aliphatic heterocycles. The van der Waals surface area contributed by atoms with Crippen molar-refractivity contribution in [2.45, 2.75) is 19.8 Å². The summed E-state index contributed by atoms with van der Waals surface area (Å²) >= 11 is 3.44. The van der Waals surface area contributed by atoms with Gasteiger partial charge in [0.15, 0.2) is 11.5 Å². The van der Waals surface area contributed by atoms with Gasteiger partial charge >= 0.3 is 0 Å². The zero-order valence-corrected chi connectivity index (χ0v) is 12.8. The van der Waals surface area contributed by atoms with Gasteiger partial charge in [0.05, 0.1) is 18.2 Å². The molecule has 1 saturated heterocycles. The predicted octanol–water partition coefficient (Wildman–Crippen LogP) is 3.09. The normalized spacial score (nSPS) is 14.6. The van der Waals surface area contributed by atoms with Gasteiger partial charge < -0.3 is 14.4 Å². The van der Waals surface area contributed by atoms with Crippen molar-refractivity contribution in [3.8, 4) is 11.5 Å². The molecular weight excluding hydrogens is 310 g/mol. The fraction of sp³-hybridized carbons (Fsp3) is 0.500. The lowest BCUT2D eigenvalue weighted by Gasteiger charge is -2.17. The summed E-state index contributed by atoms with van der Waals surface area (Å²) in [5.41, 5.74) is 0.633. The van der Waals surface area contributed by atoms with Crippen LogP contribution in [0.5, 0.6) is 11.5 Å². The highest BCUT2D eigenvalue weighted by Crippen LogP contribution is 2.37. The van der Waals surface area contributed by atoms with E-state index in [2.05, 4.69) is 15.9 Å². The van der Waals surface area contributed by atoms with Gasteiger partial charge in [-0.1, -0.05) is 0 Å². The number of carbonyl (C=O) groups excluding carboxylic acids is 1. The smallest absolute Gasteiger partial charge is 0.254 e. The molecule has 0 saturated carbocycles. The Balaban J connectivity index is 2.31. The van der Waals surface area contributed by atoms with Crippen molar-refractivity contribution in [2.24, 2.45) is 0 Å². The lowest BCUT2D eigenvalue weighted by atomic mass is 10.1. The topological polar surface area (TPSA) is 38.8 Å². The summed E-state index contributed by atoms with van der Waals surface area (Å²) in [5, 5.41) is 0. The number of amides is 1. The van der Waals surface area contributed by atoms with E-state index >= 15 is 0 Å². The molecule has 0 bridgehead atoms. The third-order valence-electron chi connectivity index (χ3n) is 3.16. The van der Waals surface area contributed by atoms with Crippen LogP contribution in [0.1, 0.15) is 30.1 Å². The fourth-order valence-electron chi connectivity index (χ4n) is 2.23. The van der Waals surface area contributed by atoms with Gasteiger partial charge in [-0.05, 0) is 47.8 Å². The van der Waals surface area contributed by atoms with Gasteiger partial charge in [0.25, 0.3) is 5.91 Å². The highest BCUT2D eigenvalue weighted by atomic mass is 79.9. The van der Waals surface area contributed by atoms with Crippen molar-refractivity contribution >= 4 is 21.8 Å². The number of halogens is 1.